The Morgan fingerprint density at radius 3 is 2.47 bits per heavy atom. The highest BCUT2D eigenvalue weighted by Crippen LogP contribution is 2.25. The van der Waals surface area contributed by atoms with Gasteiger partial charge in [-0.2, -0.15) is 5.26 Å². The van der Waals surface area contributed by atoms with Crippen LogP contribution in [0.1, 0.15) is 27.7 Å². The number of carbonyl (C=O) groups is 1. The second-order valence-corrected chi connectivity index (χ2v) is 7.46. The van der Waals surface area contributed by atoms with E-state index in [0.717, 1.165) is 27.9 Å². The first kappa shape index (κ1) is 19.9. The Balaban J connectivity index is 1.49. The number of ether oxygens (including phenoxy) is 1. The summed E-state index contributed by atoms with van der Waals surface area (Å²) in [7, 11) is 1.63. The second-order valence-electron chi connectivity index (χ2n) is 7.46. The third-order valence-corrected chi connectivity index (χ3v) is 5.60. The van der Waals surface area contributed by atoms with Gasteiger partial charge in [0.1, 0.15) is 11.8 Å². The van der Waals surface area contributed by atoms with Crippen LogP contribution in [0.4, 0.5) is 0 Å². The molecule has 2 heterocycles. The molecule has 0 radical (unpaired) electrons. The summed E-state index contributed by atoms with van der Waals surface area (Å²) >= 11 is 0. The minimum Gasteiger partial charge on any atom is -0.497 e. The first-order valence-electron chi connectivity index (χ1n) is 10.0. The number of piperazine rings is 1. The molecule has 6 heteroatoms. The van der Waals surface area contributed by atoms with Crippen molar-refractivity contribution in [1.29, 1.82) is 5.26 Å². The van der Waals surface area contributed by atoms with Crippen molar-refractivity contribution in [3.63, 3.8) is 0 Å². The maximum Gasteiger partial charge on any atom is 0.254 e. The fourth-order valence-corrected chi connectivity index (χ4v) is 3.99. The van der Waals surface area contributed by atoms with Gasteiger partial charge in [-0.1, -0.05) is 30.3 Å². The molecule has 1 amide bonds. The SMILES string of the molecule is COc1ccc(C(C#N)N2CCN(C(=O)c3cc(C)nc4ccccc34)CC2)cc1. The molecule has 1 fully saturated rings. The summed E-state index contributed by atoms with van der Waals surface area (Å²) in [5.74, 6) is 0.792. The number of methoxy groups -OCH3 is 1. The lowest BCUT2D eigenvalue weighted by Gasteiger charge is -2.37. The Morgan fingerprint density at radius 2 is 1.80 bits per heavy atom. The van der Waals surface area contributed by atoms with Crippen LogP contribution in [0.2, 0.25) is 0 Å². The van der Waals surface area contributed by atoms with Crippen molar-refractivity contribution in [2.24, 2.45) is 0 Å². The van der Waals surface area contributed by atoms with Gasteiger partial charge < -0.3 is 9.64 Å². The molecule has 152 valence electrons. The molecule has 0 saturated carbocycles. The molecular formula is C24H24N4O2. The van der Waals surface area contributed by atoms with Crippen LogP contribution in [-0.4, -0.2) is 54.0 Å². The van der Waals surface area contributed by atoms with Crippen LogP contribution in [0.25, 0.3) is 10.9 Å². The number of nitriles is 1. The van der Waals surface area contributed by atoms with Gasteiger partial charge in [0, 0.05) is 37.3 Å². The van der Waals surface area contributed by atoms with Crippen LogP contribution in [-0.2, 0) is 0 Å². The Kier molecular flexibility index (Phi) is 5.64. The molecule has 1 aromatic heterocycles. The number of rotatable bonds is 4. The minimum atomic E-state index is -0.336. The van der Waals surface area contributed by atoms with Gasteiger partial charge in [0.2, 0.25) is 0 Å². The molecule has 0 aliphatic carbocycles. The van der Waals surface area contributed by atoms with Crippen molar-refractivity contribution in [2.45, 2.75) is 13.0 Å². The van der Waals surface area contributed by atoms with Crippen molar-refractivity contribution in [1.82, 2.24) is 14.8 Å². The zero-order chi connectivity index (χ0) is 21.1. The topological polar surface area (TPSA) is 69.5 Å². The zero-order valence-corrected chi connectivity index (χ0v) is 17.2. The van der Waals surface area contributed by atoms with E-state index in [1.165, 1.54) is 0 Å². The molecule has 2 aromatic carbocycles. The lowest BCUT2D eigenvalue weighted by atomic mass is 10.0. The van der Waals surface area contributed by atoms with Crippen LogP contribution < -0.4 is 4.74 Å². The van der Waals surface area contributed by atoms with Gasteiger partial charge in [-0.3, -0.25) is 14.7 Å². The number of benzene rings is 2. The summed E-state index contributed by atoms with van der Waals surface area (Å²) in [6.07, 6.45) is 0. The van der Waals surface area contributed by atoms with Gasteiger partial charge in [-0.25, -0.2) is 0 Å². The third kappa shape index (κ3) is 3.85. The standard InChI is InChI=1S/C24H24N4O2/c1-17-15-21(20-5-3-4-6-22(20)26-17)24(29)28-13-11-27(12-14-28)23(16-25)18-7-9-19(30-2)10-8-18/h3-10,15,23H,11-14H2,1-2H3. The van der Waals surface area contributed by atoms with Crippen molar-refractivity contribution in [2.75, 3.05) is 33.3 Å². The predicted molar refractivity (Wildman–Crippen MR) is 115 cm³/mol. The van der Waals surface area contributed by atoms with Crippen molar-refractivity contribution >= 4 is 16.8 Å². The first-order chi connectivity index (χ1) is 14.6. The highest BCUT2D eigenvalue weighted by Gasteiger charge is 2.28. The lowest BCUT2D eigenvalue weighted by Crippen LogP contribution is -2.49. The summed E-state index contributed by atoms with van der Waals surface area (Å²) in [4.78, 5) is 21.8. The summed E-state index contributed by atoms with van der Waals surface area (Å²) in [5.41, 5.74) is 3.30. The first-order valence-corrected chi connectivity index (χ1v) is 10.0. The van der Waals surface area contributed by atoms with E-state index in [0.29, 0.717) is 31.7 Å². The van der Waals surface area contributed by atoms with Gasteiger partial charge in [0.25, 0.3) is 5.91 Å². The lowest BCUT2D eigenvalue weighted by molar-refractivity contribution is 0.0608. The number of hydrogen-bond acceptors (Lipinski definition) is 5. The van der Waals surface area contributed by atoms with Crippen LogP contribution >= 0.6 is 0 Å². The Morgan fingerprint density at radius 1 is 1.10 bits per heavy atom. The molecule has 1 atom stereocenters. The summed E-state index contributed by atoms with van der Waals surface area (Å²) in [5, 5.41) is 10.6. The minimum absolute atomic E-state index is 0.0225. The molecule has 1 unspecified atom stereocenters. The molecule has 0 spiro atoms. The van der Waals surface area contributed by atoms with E-state index in [9.17, 15) is 10.1 Å². The quantitative estimate of drug-likeness (QED) is 0.670. The van der Waals surface area contributed by atoms with Crippen molar-refractivity contribution in [3.05, 3.63) is 71.4 Å². The monoisotopic (exact) mass is 400 g/mol. The summed E-state index contributed by atoms with van der Waals surface area (Å²) < 4.78 is 5.20. The highest BCUT2D eigenvalue weighted by molar-refractivity contribution is 6.06. The number of carbonyl (C=O) groups excluding carboxylic acids is 1. The molecule has 3 aromatic rings. The third-order valence-electron chi connectivity index (χ3n) is 5.60. The fourth-order valence-electron chi connectivity index (χ4n) is 3.99. The summed E-state index contributed by atoms with van der Waals surface area (Å²) in [6.45, 7) is 4.38. The number of aromatic nitrogens is 1. The highest BCUT2D eigenvalue weighted by atomic mass is 16.5. The van der Waals surface area contributed by atoms with Crippen LogP contribution in [0.5, 0.6) is 5.75 Å². The maximum absolute atomic E-state index is 13.3. The van der Waals surface area contributed by atoms with Gasteiger partial charge in [-0.05, 0) is 36.8 Å². The molecule has 0 N–H and O–H groups in total. The van der Waals surface area contributed by atoms with Crippen molar-refractivity contribution in [3.8, 4) is 11.8 Å². The molecule has 0 bridgehead atoms. The van der Waals surface area contributed by atoms with Gasteiger partial charge in [0.05, 0.1) is 24.3 Å². The predicted octanol–water partition coefficient (Wildman–Crippen LogP) is 3.57. The Labute approximate surface area is 176 Å². The number of para-hydroxylation sites is 1. The second kappa shape index (κ2) is 8.52. The van der Waals surface area contributed by atoms with Gasteiger partial charge in [0.15, 0.2) is 0 Å². The normalized spacial score (nSPS) is 15.6. The molecule has 1 aliphatic rings. The smallest absolute Gasteiger partial charge is 0.254 e. The number of aryl methyl sites for hydroxylation is 1. The van der Waals surface area contributed by atoms with E-state index in [-0.39, 0.29) is 11.9 Å². The molecular weight excluding hydrogens is 376 g/mol. The van der Waals surface area contributed by atoms with E-state index in [1.54, 1.807) is 7.11 Å². The average Bonchev–Trinajstić information content (AvgIpc) is 2.79. The fraction of sp³-hybridized carbons (Fsp3) is 0.292. The van der Waals surface area contributed by atoms with Crippen molar-refractivity contribution < 1.29 is 9.53 Å². The molecule has 6 nitrogen and oxygen atoms in total. The van der Waals surface area contributed by atoms with E-state index >= 15 is 0 Å². The van der Waals surface area contributed by atoms with E-state index in [4.69, 9.17) is 4.74 Å². The zero-order valence-electron chi connectivity index (χ0n) is 17.2. The Hall–Kier alpha value is -3.43. The van der Waals surface area contributed by atoms with E-state index in [1.807, 2.05) is 66.4 Å². The van der Waals surface area contributed by atoms with E-state index < -0.39 is 0 Å². The number of hydrogen-bond donors (Lipinski definition) is 0. The van der Waals surface area contributed by atoms with Crippen LogP contribution in [0.15, 0.2) is 54.6 Å². The number of nitrogens with zero attached hydrogens (tertiary/aromatic N) is 4. The maximum atomic E-state index is 13.3. The average molecular weight is 400 g/mol. The van der Waals surface area contributed by atoms with Crippen LogP contribution in [0.3, 0.4) is 0 Å². The molecule has 4 rings (SSSR count). The van der Waals surface area contributed by atoms with Crippen LogP contribution in [0, 0.1) is 18.3 Å². The molecule has 1 saturated heterocycles. The largest absolute Gasteiger partial charge is 0.497 e. The number of fused-ring (bicyclic) bond motifs is 1. The molecule has 30 heavy (non-hydrogen) atoms. The van der Waals surface area contributed by atoms with E-state index in [2.05, 4.69) is 16.0 Å². The van der Waals surface area contributed by atoms with Gasteiger partial charge >= 0.3 is 0 Å². The number of pyridine rings is 1. The Bertz CT molecular complexity index is 1100. The van der Waals surface area contributed by atoms with Gasteiger partial charge in [-0.15, -0.1) is 0 Å². The molecule has 1 aliphatic heterocycles. The number of amides is 1. The summed E-state index contributed by atoms with van der Waals surface area (Å²) in [6, 6.07) is 19.3.